The molecule has 2 N–H and O–H groups in total. The molecule has 0 bridgehead atoms. The molecule has 0 radical (unpaired) electrons. The normalized spacial score (nSPS) is 16.5. The van der Waals surface area contributed by atoms with Crippen molar-refractivity contribution in [3.63, 3.8) is 0 Å². The SMILES string of the molecule is O=C(Nc1cccc(-n2ccnn2)c1)NC1CCN(c2ccccc2)C1. The van der Waals surface area contributed by atoms with Gasteiger partial charge >= 0.3 is 6.03 Å². The minimum atomic E-state index is -0.194. The van der Waals surface area contributed by atoms with Crippen LogP contribution in [0.4, 0.5) is 16.2 Å². The number of nitrogens with one attached hydrogen (secondary N) is 2. The number of amides is 2. The maximum Gasteiger partial charge on any atom is 0.319 e. The highest BCUT2D eigenvalue weighted by atomic mass is 16.2. The number of benzene rings is 2. The van der Waals surface area contributed by atoms with Crippen LogP contribution in [0.3, 0.4) is 0 Å². The van der Waals surface area contributed by atoms with E-state index in [0.717, 1.165) is 25.2 Å². The van der Waals surface area contributed by atoms with Gasteiger partial charge in [-0.05, 0) is 36.8 Å². The highest BCUT2D eigenvalue weighted by Gasteiger charge is 2.23. The van der Waals surface area contributed by atoms with E-state index in [1.54, 1.807) is 17.1 Å². The lowest BCUT2D eigenvalue weighted by Crippen LogP contribution is -2.39. The van der Waals surface area contributed by atoms with Gasteiger partial charge in [-0.1, -0.05) is 29.5 Å². The Labute approximate surface area is 151 Å². The molecule has 7 nitrogen and oxygen atoms in total. The van der Waals surface area contributed by atoms with Crippen LogP contribution >= 0.6 is 0 Å². The van der Waals surface area contributed by atoms with Gasteiger partial charge < -0.3 is 15.5 Å². The van der Waals surface area contributed by atoms with Gasteiger partial charge in [0.2, 0.25) is 0 Å². The second-order valence-electron chi connectivity index (χ2n) is 6.26. The minimum absolute atomic E-state index is 0.133. The lowest BCUT2D eigenvalue weighted by Gasteiger charge is -2.19. The van der Waals surface area contributed by atoms with Gasteiger partial charge in [-0.25, -0.2) is 9.48 Å². The van der Waals surface area contributed by atoms with E-state index in [2.05, 4.69) is 38.0 Å². The molecule has 1 aliphatic rings. The molecule has 1 aliphatic heterocycles. The summed E-state index contributed by atoms with van der Waals surface area (Å²) < 4.78 is 1.65. The summed E-state index contributed by atoms with van der Waals surface area (Å²) in [7, 11) is 0. The van der Waals surface area contributed by atoms with Crippen LogP contribution in [0.25, 0.3) is 5.69 Å². The van der Waals surface area contributed by atoms with Crippen molar-refractivity contribution in [3.05, 3.63) is 67.0 Å². The predicted octanol–water partition coefficient (Wildman–Crippen LogP) is 2.67. The number of anilines is 2. The molecule has 1 saturated heterocycles. The molecule has 3 aromatic rings. The highest BCUT2D eigenvalue weighted by Crippen LogP contribution is 2.20. The third kappa shape index (κ3) is 3.66. The summed E-state index contributed by atoms with van der Waals surface area (Å²) in [6, 6.07) is 17.7. The number of carbonyl (C=O) groups is 1. The Hall–Kier alpha value is -3.35. The Kier molecular flexibility index (Phi) is 4.51. The van der Waals surface area contributed by atoms with Crippen LogP contribution in [-0.4, -0.2) is 40.2 Å². The fourth-order valence-electron chi connectivity index (χ4n) is 3.18. The summed E-state index contributed by atoms with van der Waals surface area (Å²) in [5.74, 6) is 0. The smallest absolute Gasteiger partial charge is 0.319 e. The summed E-state index contributed by atoms with van der Waals surface area (Å²) in [6.45, 7) is 1.76. The summed E-state index contributed by atoms with van der Waals surface area (Å²) in [4.78, 5) is 14.6. The van der Waals surface area contributed by atoms with E-state index in [1.165, 1.54) is 5.69 Å². The molecule has 0 spiro atoms. The third-order valence-electron chi connectivity index (χ3n) is 4.44. The molecular formula is C19H20N6O. The van der Waals surface area contributed by atoms with Crippen LogP contribution in [0, 0.1) is 0 Å². The van der Waals surface area contributed by atoms with Crippen LogP contribution in [0.2, 0.25) is 0 Å². The number of carbonyl (C=O) groups excluding carboxylic acids is 1. The zero-order valence-electron chi connectivity index (χ0n) is 14.2. The predicted molar refractivity (Wildman–Crippen MR) is 101 cm³/mol. The van der Waals surface area contributed by atoms with E-state index in [-0.39, 0.29) is 12.1 Å². The molecule has 1 unspecified atom stereocenters. The lowest BCUT2D eigenvalue weighted by molar-refractivity contribution is 0.249. The second-order valence-corrected chi connectivity index (χ2v) is 6.26. The van der Waals surface area contributed by atoms with E-state index in [4.69, 9.17) is 0 Å². The summed E-state index contributed by atoms with van der Waals surface area (Å²) in [5, 5.41) is 13.7. The molecule has 1 fully saturated rings. The second kappa shape index (κ2) is 7.26. The Morgan fingerprint density at radius 2 is 1.92 bits per heavy atom. The molecule has 1 aromatic heterocycles. The Morgan fingerprint density at radius 3 is 2.73 bits per heavy atom. The largest absolute Gasteiger partial charge is 0.369 e. The average molecular weight is 348 g/mol. The number of para-hydroxylation sites is 1. The minimum Gasteiger partial charge on any atom is -0.369 e. The highest BCUT2D eigenvalue weighted by molar-refractivity contribution is 5.89. The van der Waals surface area contributed by atoms with Crippen LogP contribution < -0.4 is 15.5 Å². The molecule has 4 rings (SSSR count). The van der Waals surface area contributed by atoms with Gasteiger partial charge in [-0.3, -0.25) is 0 Å². The molecule has 7 heteroatoms. The van der Waals surface area contributed by atoms with Gasteiger partial charge in [0.15, 0.2) is 0 Å². The summed E-state index contributed by atoms with van der Waals surface area (Å²) >= 11 is 0. The molecule has 132 valence electrons. The number of urea groups is 1. The number of hydrogen-bond donors (Lipinski definition) is 2. The van der Waals surface area contributed by atoms with Crippen molar-refractivity contribution in [1.82, 2.24) is 20.3 Å². The number of rotatable bonds is 4. The molecule has 2 aromatic carbocycles. The molecule has 2 heterocycles. The van der Waals surface area contributed by atoms with Crippen molar-refractivity contribution >= 4 is 17.4 Å². The van der Waals surface area contributed by atoms with E-state index in [0.29, 0.717) is 5.69 Å². The summed E-state index contributed by atoms with van der Waals surface area (Å²) in [5.41, 5.74) is 2.75. The maximum absolute atomic E-state index is 12.3. The van der Waals surface area contributed by atoms with Gasteiger partial charge in [0.25, 0.3) is 0 Å². The molecule has 2 amide bonds. The van der Waals surface area contributed by atoms with E-state index in [9.17, 15) is 4.79 Å². The third-order valence-corrected chi connectivity index (χ3v) is 4.44. The van der Waals surface area contributed by atoms with Crippen LogP contribution in [0.5, 0.6) is 0 Å². The number of hydrogen-bond acceptors (Lipinski definition) is 4. The Balaban J connectivity index is 1.34. The zero-order chi connectivity index (χ0) is 17.8. The fraction of sp³-hybridized carbons (Fsp3) is 0.211. The molecular weight excluding hydrogens is 328 g/mol. The summed E-state index contributed by atoms with van der Waals surface area (Å²) in [6.07, 6.45) is 4.31. The van der Waals surface area contributed by atoms with Gasteiger partial charge in [0.05, 0.1) is 18.1 Å². The van der Waals surface area contributed by atoms with E-state index < -0.39 is 0 Å². The molecule has 0 saturated carbocycles. The Bertz CT molecular complexity index is 865. The van der Waals surface area contributed by atoms with Crippen molar-refractivity contribution in [2.45, 2.75) is 12.5 Å². The quantitative estimate of drug-likeness (QED) is 0.760. The van der Waals surface area contributed by atoms with E-state index >= 15 is 0 Å². The molecule has 1 atom stereocenters. The van der Waals surface area contributed by atoms with Crippen molar-refractivity contribution in [2.24, 2.45) is 0 Å². The van der Waals surface area contributed by atoms with Crippen LogP contribution in [0.15, 0.2) is 67.0 Å². The van der Waals surface area contributed by atoms with Crippen molar-refractivity contribution in [1.29, 1.82) is 0 Å². The van der Waals surface area contributed by atoms with Gasteiger partial charge in [-0.2, -0.15) is 0 Å². The van der Waals surface area contributed by atoms with Gasteiger partial charge in [0, 0.05) is 30.5 Å². The number of nitrogens with zero attached hydrogens (tertiary/aromatic N) is 4. The van der Waals surface area contributed by atoms with Crippen molar-refractivity contribution in [3.8, 4) is 5.69 Å². The van der Waals surface area contributed by atoms with Crippen LogP contribution in [0.1, 0.15) is 6.42 Å². The van der Waals surface area contributed by atoms with Gasteiger partial charge in [-0.15, -0.1) is 5.10 Å². The first-order chi connectivity index (χ1) is 12.8. The molecule has 0 aliphatic carbocycles. The van der Waals surface area contributed by atoms with Crippen molar-refractivity contribution < 1.29 is 4.79 Å². The topological polar surface area (TPSA) is 75.1 Å². The molecule has 26 heavy (non-hydrogen) atoms. The standard InChI is InChI=1S/C19H20N6O/c26-19(21-15-5-4-8-18(13-15)25-12-10-20-23-25)22-16-9-11-24(14-16)17-6-2-1-3-7-17/h1-8,10,12-13,16H,9,11,14H2,(H2,21,22,26). The number of aromatic nitrogens is 3. The first-order valence-electron chi connectivity index (χ1n) is 8.62. The van der Waals surface area contributed by atoms with Gasteiger partial charge in [0.1, 0.15) is 0 Å². The van der Waals surface area contributed by atoms with E-state index in [1.807, 2.05) is 42.5 Å². The van der Waals surface area contributed by atoms with Crippen LogP contribution in [-0.2, 0) is 0 Å². The zero-order valence-corrected chi connectivity index (χ0v) is 14.2. The first-order valence-corrected chi connectivity index (χ1v) is 8.62. The monoisotopic (exact) mass is 348 g/mol. The fourth-order valence-corrected chi connectivity index (χ4v) is 3.18. The first kappa shape index (κ1) is 16.1. The maximum atomic E-state index is 12.3. The lowest BCUT2D eigenvalue weighted by atomic mass is 10.2. The Morgan fingerprint density at radius 1 is 1.08 bits per heavy atom. The average Bonchev–Trinajstić information content (AvgIpc) is 3.35. The van der Waals surface area contributed by atoms with Crippen molar-refractivity contribution in [2.75, 3.05) is 23.3 Å².